The fourth-order valence-electron chi connectivity index (χ4n) is 1.18. The number of piperidine rings is 1. The summed E-state index contributed by atoms with van der Waals surface area (Å²) in [7, 11) is 0. The predicted molar refractivity (Wildman–Crippen MR) is 50.9 cm³/mol. The van der Waals surface area contributed by atoms with Crippen molar-refractivity contribution in [1.82, 2.24) is 5.32 Å². The zero-order valence-corrected chi connectivity index (χ0v) is 7.68. The van der Waals surface area contributed by atoms with Crippen molar-refractivity contribution in [2.75, 3.05) is 0 Å². The minimum absolute atomic E-state index is 0.145. The Bertz CT molecular complexity index is 362. The monoisotopic (exact) mass is 192 g/mol. The standard InChI is InChI=1S/C8H6N3OS/c1-4-5(2-9)7(12)11-8(13)6(4)3-10/h4-5H,1H3,(H,11,12,13)/q-1/t4-,5+/m1/s1. The van der Waals surface area contributed by atoms with Crippen LogP contribution in [-0.4, -0.2) is 16.8 Å². The molecule has 1 heterocycles. The lowest BCUT2D eigenvalue weighted by atomic mass is 9.85. The number of nitrogens with zero attached hydrogens (tertiary/aromatic N) is 2. The molecule has 4 nitrogen and oxygen atoms in total. The number of nitriles is 1. The van der Waals surface area contributed by atoms with Gasteiger partial charge in [-0.25, -0.2) is 0 Å². The van der Waals surface area contributed by atoms with E-state index in [2.05, 4.69) is 5.32 Å². The van der Waals surface area contributed by atoms with E-state index in [-0.39, 0.29) is 4.99 Å². The largest absolute Gasteiger partial charge is 0.763 e. The van der Waals surface area contributed by atoms with Crippen LogP contribution in [0.4, 0.5) is 0 Å². The molecular formula is C8H6N3OS-. The molecule has 1 aliphatic rings. The Morgan fingerprint density at radius 3 is 2.77 bits per heavy atom. The van der Waals surface area contributed by atoms with E-state index in [1.165, 1.54) is 0 Å². The van der Waals surface area contributed by atoms with Crippen LogP contribution >= 0.6 is 12.2 Å². The molecule has 2 atom stereocenters. The van der Waals surface area contributed by atoms with Gasteiger partial charge in [-0.05, 0) is 0 Å². The molecule has 0 radical (unpaired) electrons. The minimum atomic E-state index is -0.804. The highest BCUT2D eigenvalue weighted by atomic mass is 32.1. The number of nitrogens with one attached hydrogen (secondary N) is 1. The lowest BCUT2D eigenvalue weighted by molar-refractivity contribution is -0.123. The van der Waals surface area contributed by atoms with Crippen LogP contribution in [0.1, 0.15) is 6.92 Å². The van der Waals surface area contributed by atoms with Crippen LogP contribution in [0.2, 0.25) is 0 Å². The van der Waals surface area contributed by atoms with Gasteiger partial charge in [0.1, 0.15) is 10.9 Å². The van der Waals surface area contributed by atoms with Crippen LogP contribution in [0.15, 0.2) is 5.57 Å². The van der Waals surface area contributed by atoms with Crippen LogP contribution < -0.4 is 5.32 Å². The molecule has 0 bridgehead atoms. The van der Waals surface area contributed by atoms with Gasteiger partial charge in [0, 0.05) is 11.5 Å². The van der Waals surface area contributed by atoms with Gasteiger partial charge in [0.25, 0.3) is 0 Å². The Balaban J connectivity index is 3.10. The molecule has 0 aromatic heterocycles. The van der Waals surface area contributed by atoms with Gasteiger partial charge in [0.2, 0.25) is 5.91 Å². The maximum Gasteiger partial charge on any atom is 0.243 e. The first kappa shape index (κ1) is 9.59. The molecule has 0 spiro atoms. The Morgan fingerprint density at radius 1 is 1.69 bits per heavy atom. The first-order valence-corrected chi connectivity index (χ1v) is 4.04. The summed E-state index contributed by atoms with van der Waals surface area (Å²) in [6.45, 7) is 1.65. The van der Waals surface area contributed by atoms with E-state index in [0.29, 0.717) is 5.57 Å². The third-order valence-electron chi connectivity index (χ3n) is 1.98. The normalized spacial score (nSPS) is 27.5. The molecule has 0 aromatic rings. The molecule has 0 unspecified atom stereocenters. The molecular weight excluding hydrogens is 186 g/mol. The van der Waals surface area contributed by atoms with Gasteiger partial charge in [-0.1, -0.05) is 19.1 Å². The van der Waals surface area contributed by atoms with E-state index >= 15 is 0 Å². The van der Waals surface area contributed by atoms with Crippen molar-refractivity contribution in [3.63, 3.8) is 0 Å². The summed E-state index contributed by atoms with van der Waals surface area (Å²) >= 11 is 4.78. The molecule has 13 heavy (non-hydrogen) atoms. The van der Waals surface area contributed by atoms with E-state index in [9.17, 15) is 4.79 Å². The number of hydrogen-bond acceptors (Lipinski definition) is 3. The second-order valence-corrected chi connectivity index (χ2v) is 3.15. The SMILES string of the molecule is C[C@H]1C(=C=[N-])C(=S)NC(=O)[C@H]1C#N. The summed E-state index contributed by atoms with van der Waals surface area (Å²) in [5.74, 6) is 0.270. The Hall–Kier alpha value is -1.50. The quantitative estimate of drug-likeness (QED) is 0.342. The van der Waals surface area contributed by atoms with E-state index in [4.69, 9.17) is 22.9 Å². The third-order valence-corrected chi connectivity index (χ3v) is 2.30. The molecule has 1 fully saturated rings. The molecule has 66 valence electrons. The molecule has 1 amide bonds. The van der Waals surface area contributed by atoms with E-state index < -0.39 is 17.7 Å². The summed E-state index contributed by atoms with van der Waals surface area (Å²) in [4.78, 5) is 11.3. The lowest BCUT2D eigenvalue weighted by Crippen LogP contribution is -2.45. The van der Waals surface area contributed by atoms with Crippen molar-refractivity contribution in [2.45, 2.75) is 6.92 Å². The van der Waals surface area contributed by atoms with Gasteiger partial charge in [-0.3, -0.25) is 10.7 Å². The van der Waals surface area contributed by atoms with Crippen molar-refractivity contribution in [3.05, 3.63) is 11.0 Å². The topological polar surface area (TPSA) is 75.2 Å². The first-order chi connectivity index (χ1) is 6.11. The average molecular weight is 192 g/mol. The maximum absolute atomic E-state index is 11.2. The van der Waals surface area contributed by atoms with Gasteiger partial charge >= 0.3 is 0 Å². The van der Waals surface area contributed by atoms with E-state index in [1.807, 2.05) is 11.9 Å². The van der Waals surface area contributed by atoms with Crippen LogP contribution in [-0.2, 0) is 4.79 Å². The van der Waals surface area contributed by atoms with Crippen molar-refractivity contribution >= 4 is 29.0 Å². The molecule has 0 aromatic carbocycles. The Morgan fingerprint density at radius 2 is 2.31 bits per heavy atom. The van der Waals surface area contributed by atoms with Crippen molar-refractivity contribution in [1.29, 1.82) is 5.26 Å². The van der Waals surface area contributed by atoms with Gasteiger partial charge in [-0.2, -0.15) is 5.26 Å². The van der Waals surface area contributed by atoms with Crippen LogP contribution in [0.25, 0.3) is 5.41 Å². The zero-order valence-electron chi connectivity index (χ0n) is 6.87. The highest BCUT2D eigenvalue weighted by molar-refractivity contribution is 7.80. The average Bonchev–Trinajstić information content (AvgIpc) is 2.04. The van der Waals surface area contributed by atoms with Crippen LogP contribution in [0, 0.1) is 23.2 Å². The Labute approximate surface area is 80.7 Å². The van der Waals surface area contributed by atoms with E-state index in [1.54, 1.807) is 6.92 Å². The van der Waals surface area contributed by atoms with Gasteiger partial charge in [0.05, 0.1) is 6.07 Å². The minimum Gasteiger partial charge on any atom is -0.763 e. The molecule has 1 rings (SSSR count). The molecule has 1 saturated heterocycles. The fraction of sp³-hybridized carbons (Fsp3) is 0.375. The summed E-state index contributed by atoms with van der Waals surface area (Å²) in [6.07, 6.45) is 0. The molecule has 5 heteroatoms. The van der Waals surface area contributed by atoms with Crippen molar-refractivity contribution in [2.24, 2.45) is 11.8 Å². The highest BCUT2D eigenvalue weighted by Gasteiger charge is 2.34. The number of thiocarbonyl (C=S) groups is 1. The highest BCUT2D eigenvalue weighted by Crippen LogP contribution is 2.23. The zero-order chi connectivity index (χ0) is 10.0. The van der Waals surface area contributed by atoms with Crippen molar-refractivity contribution < 1.29 is 4.79 Å². The lowest BCUT2D eigenvalue weighted by Gasteiger charge is -2.26. The van der Waals surface area contributed by atoms with Gasteiger partial charge < -0.3 is 10.7 Å². The second-order valence-electron chi connectivity index (χ2n) is 2.74. The molecule has 0 saturated carbocycles. The third kappa shape index (κ3) is 1.50. The number of amides is 1. The number of rotatable bonds is 0. The van der Waals surface area contributed by atoms with Crippen molar-refractivity contribution in [3.8, 4) is 6.07 Å². The van der Waals surface area contributed by atoms with Crippen LogP contribution in [0.3, 0.4) is 0 Å². The summed E-state index contributed by atoms with van der Waals surface area (Å²) in [5, 5.41) is 19.7. The second kappa shape index (κ2) is 3.48. The number of hydrogen-bond donors (Lipinski definition) is 1. The summed E-state index contributed by atoms with van der Waals surface area (Å²) in [6, 6.07) is 1.84. The first-order valence-electron chi connectivity index (χ1n) is 3.63. The molecule has 0 aliphatic carbocycles. The van der Waals surface area contributed by atoms with Gasteiger partial charge in [-0.15, -0.1) is 0 Å². The number of carbonyl (C=O) groups excluding carboxylic acids is 1. The number of carbonyl (C=O) groups is 1. The maximum atomic E-state index is 11.2. The summed E-state index contributed by atoms with van der Waals surface area (Å²) < 4.78 is 0. The Kier molecular flexibility index (Phi) is 2.57. The molecule has 1 N–H and O–H groups in total. The molecule has 1 aliphatic heterocycles. The fourth-order valence-corrected chi connectivity index (χ4v) is 1.51. The smallest absolute Gasteiger partial charge is 0.243 e. The predicted octanol–water partition coefficient (Wildman–Crippen LogP) is 0.385. The van der Waals surface area contributed by atoms with E-state index in [0.717, 1.165) is 0 Å². The summed E-state index contributed by atoms with van der Waals surface area (Å²) in [5.41, 5.74) is 0.307. The van der Waals surface area contributed by atoms with Crippen LogP contribution in [0.5, 0.6) is 0 Å². The van der Waals surface area contributed by atoms with Gasteiger partial charge in [0.15, 0.2) is 0 Å².